The average Bonchev–Trinajstić information content (AvgIpc) is 2.92. The van der Waals surface area contributed by atoms with Crippen LogP contribution < -0.4 is 10.1 Å². The van der Waals surface area contributed by atoms with E-state index in [0.29, 0.717) is 25.5 Å². The second-order valence-corrected chi connectivity index (χ2v) is 8.18. The number of pyridine rings is 1. The normalized spacial score (nSPS) is 11.5. The highest BCUT2D eigenvalue weighted by atomic mass is 16.5. The van der Waals surface area contributed by atoms with E-state index in [2.05, 4.69) is 34.6 Å². The number of rotatable bonds is 10. The number of anilines is 1. The summed E-state index contributed by atoms with van der Waals surface area (Å²) in [6.45, 7) is 2.79. The Morgan fingerprint density at radius 3 is 2.17 bits per heavy atom. The SMILES string of the molecule is CCOC(=O)CC(c1ccccc1)c1ccc(NCc2ccc(-c3ccccc3)nc2OC)cc1. The van der Waals surface area contributed by atoms with Crippen LogP contribution in [-0.2, 0) is 16.1 Å². The molecule has 0 aliphatic rings. The summed E-state index contributed by atoms with van der Waals surface area (Å²) in [5.41, 5.74) is 6.05. The summed E-state index contributed by atoms with van der Waals surface area (Å²) in [5, 5.41) is 3.45. The van der Waals surface area contributed by atoms with Gasteiger partial charge in [-0.25, -0.2) is 4.98 Å². The molecule has 0 aliphatic heterocycles. The van der Waals surface area contributed by atoms with Crippen LogP contribution in [0.2, 0.25) is 0 Å². The Kier molecular flexibility index (Phi) is 8.12. The Balaban J connectivity index is 1.47. The molecule has 0 aliphatic carbocycles. The lowest BCUT2D eigenvalue weighted by molar-refractivity contribution is -0.143. The summed E-state index contributed by atoms with van der Waals surface area (Å²) in [7, 11) is 1.64. The molecule has 1 N–H and O–H groups in total. The molecule has 1 heterocycles. The van der Waals surface area contributed by atoms with Crippen molar-refractivity contribution in [1.82, 2.24) is 4.98 Å². The second kappa shape index (κ2) is 11.8. The van der Waals surface area contributed by atoms with Crippen molar-refractivity contribution in [3.63, 3.8) is 0 Å². The van der Waals surface area contributed by atoms with E-state index in [1.54, 1.807) is 7.11 Å². The minimum atomic E-state index is -0.193. The number of hydrogen-bond acceptors (Lipinski definition) is 5. The zero-order valence-corrected chi connectivity index (χ0v) is 20.1. The van der Waals surface area contributed by atoms with Crippen LogP contribution in [0.4, 0.5) is 5.69 Å². The van der Waals surface area contributed by atoms with E-state index in [1.165, 1.54) is 0 Å². The average molecular weight is 467 g/mol. The van der Waals surface area contributed by atoms with E-state index in [0.717, 1.165) is 33.6 Å². The Morgan fingerprint density at radius 2 is 1.51 bits per heavy atom. The van der Waals surface area contributed by atoms with Crippen molar-refractivity contribution in [3.05, 3.63) is 114 Å². The van der Waals surface area contributed by atoms with Crippen LogP contribution in [0.1, 0.15) is 36.0 Å². The maximum atomic E-state index is 12.2. The first-order valence-electron chi connectivity index (χ1n) is 11.8. The molecule has 35 heavy (non-hydrogen) atoms. The van der Waals surface area contributed by atoms with Crippen LogP contribution >= 0.6 is 0 Å². The lowest BCUT2D eigenvalue weighted by atomic mass is 9.88. The first kappa shape index (κ1) is 24.0. The van der Waals surface area contributed by atoms with E-state index >= 15 is 0 Å². The summed E-state index contributed by atoms with van der Waals surface area (Å²) in [5.74, 6) is 0.357. The van der Waals surface area contributed by atoms with Crippen LogP contribution in [0, 0.1) is 0 Å². The van der Waals surface area contributed by atoms with E-state index in [-0.39, 0.29) is 11.9 Å². The van der Waals surface area contributed by atoms with Gasteiger partial charge in [0.2, 0.25) is 5.88 Å². The summed E-state index contributed by atoms with van der Waals surface area (Å²) in [6.07, 6.45) is 0.307. The molecular weight excluding hydrogens is 436 g/mol. The molecule has 0 spiro atoms. The molecule has 0 amide bonds. The van der Waals surface area contributed by atoms with E-state index in [9.17, 15) is 4.79 Å². The van der Waals surface area contributed by atoms with Gasteiger partial charge in [-0.05, 0) is 42.3 Å². The van der Waals surface area contributed by atoms with Gasteiger partial charge in [0.05, 0.1) is 25.8 Å². The molecule has 0 saturated heterocycles. The van der Waals surface area contributed by atoms with E-state index in [4.69, 9.17) is 9.47 Å². The molecule has 4 rings (SSSR count). The minimum absolute atomic E-state index is 0.0564. The number of methoxy groups -OCH3 is 1. The lowest BCUT2D eigenvalue weighted by Gasteiger charge is -2.18. The largest absolute Gasteiger partial charge is 0.481 e. The number of carbonyl (C=O) groups excluding carboxylic acids is 1. The number of nitrogens with one attached hydrogen (secondary N) is 1. The lowest BCUT2D eigenvalue weighted by Crippen LogP contribution is -2.12. The Morgan fingerprint density at radius 1 is 0.857 bits per heavy atom. The van der Waals surface area contributed by atoms with Gasteiger partial charge in [-0.1, -0.05) is 72.8 Å². The molecule has 1 unspecified atom stereocenters. The highest BCUT2D eigenvalue weighted by Gasteiger charge is 2.19. The molecule has 178 valence electrons. The smallest absolute Gasteiger partial charge is 0.306 e. The van der Waals surface area contributed by atoms with Crippen molar-refractivity contribution in [1.29, 1.82) is 0 Å². The number of benzene rings is 3. The van der Waals surface area contributed by atoms with Crippen LogP contribution in [0.5, 0.6) is 5.88 Å². The number of nitrogens with zero attached hydrogens (tertiary/aromatic N) is 1. The summed E-state index contributed by atoms with van der Waals surface area (Å²) < 4.78 is 10.8. The number of carbonyl (C=O) groups is 1. The fourth-order valence-corrected chi connectivity index (χ4v) is 4.08. The third-order valence-corrected chi connectivity index (χ3v) is 5.88. The third kappa shape index (κ3) is 6.27. The van der Waals surface area contributed by atoms with Gasteiger partial charge >= 0.3 is 5.97 Å². The van der Waals surface area contributed by atoms with Crippen molar-refractivity contribution in [2.45, 2.75) is 25.8 Å². The first-order valence-corrected chi connectivity index (χ1v) is 11.8. The van der Waals surface area contributed by atoms with Crippen molar-refractivity contribution < 1.29 is 14.3 Å². The summed E-state index contributed by atoms with van der Waals surface area (Å²) in [4.78, 5) is 16.9. The molecule has 1 aromatic heterocycles. The fraction of sp³-hybridized carbons (Fsp3) is 0.200. The third-order valence-electron chi connectivity index (χ3n) is 5.88. The topological polar surface area (TPSA) is 60.5 Å². The van der Waals surface area contributed by atoms with Crippen LogP contribution in [0.15, 0.2) is 97.1 Å². The molecule has 4 aromatic rings. The Labute approximate surface area is 206 Å². The van der Waals surface area contributed by atoms with E-state index < -0.39 is 0 Å². The molecule has 5 nitrogen and oxygen atoms in total. The molecule has 0 radical (unpaired) electrons. The number of ether oxygens (including phenoxy) is 2. The quantitative estimate of drug-likeness (QED) is 0.272. The molecule has 3 aromatic carbocycles. The number of aromatic nitrogens is 1. The van der Waals surface area contributed by atoms with Crippen LogP contribution in [0.3, 0.4) is 0 Å². The predicted octanol–water partition coefficient (Wildman–Crippen LogP) is 6.45. The Bertz CT molecular complexity index is 1230. The van der Waals surface area contributed by atoms with Crippen LogP contribution in [-0.4, -0.2) is 24.7 Å². The van der Waals surface area contributed by atoms with Gasteiger partial charge in [0.25, 0.3) is 0 Å². The van der Waals surface area contributed by atoms with Crippen LogP contribution in [0.25, 0.3) is 11.3 Å². The predicted molar refractivity (Wildman–Crippen MR) is 140 cm³/mol. The molecule has 0 saturated carbocycles. The number of hydrogen-bond donors (Lipinski definition) is 1. The molecular formula is C30H30N2O3. The second-order valence-electron chi connectivity index (χ2n) is 8.18. The van der Waals surface area contributed by atoms with Gasteiger partial charge in [0, 0.05) is 29.3 Å². The van der Waals surface area contributed by atoms with Gasteiger partial charge in [-0.2, -0.15) is 0 Å². The van der Waals surface area contributed by atoms with Gasteiger partial charge in [-0.15, -0.1) is 0 Å². The fourth-order valence-electron chi connectivity index (χ4n) is 4.08. The summed E-state index contributed by atoms with van der Waals surface area (Å²) in [6, 6.07) is 32.4. The maximum absolute atomic E-state index is 12.2. The van der Waals surface area contributed by atoms with Crippen molar-refractivity contribution in [2.24, 2.45) is 0 Å². The standard InChI is InChI=1S/C30H30N2O3/c1-3-35-29(33)20-27(22-10-6-4-7-11-22)23-14-17-26(18-15-23)31-21-25-16-19-28(32-30(25)34-2)24-12-8-5-9-13-24/h4-19,27,31H,3,20-21H2,1-2H3. The molecule has 0 fully saturated rings. The minimum Gasteiger partial charge on any atom is -0.481 e. The highest BCUT2D eigenvalue weighted by molar-refractivity contribution is 5.71. The summed E-state index contributed by atoms with van der Waals surface area (Å²) >= 11 is 0. The molecule has 5 heteroatoms. The van der Waals surface area contributed by atoms with E-state index in [1.807, 2.05) is 79.7 Å². The highest BCUT2D eigenvalue weighted by Crippen LogP contribution is 2.30. The monoisotopic (exact) mass is 466 g/mol. The van der Waals surface area contributed by atoms with Gasteiger partial charge in [0.1, 0.15) is 0 Å². The molecule has 0 bridgehead atoms. The van der Waals surface area contributed by atoms with Gasteiger partial charge < -0.3 is 14.8 Å². The maximum Gasteiger partial charge on any atom is 0.306 e. The first-order chi connectivity index (χ1) is 17.2. The number of esters is 1. The van der Waals surface area contributed by atoms with Gasteiger partial charge in [-0.3, -0.25) is 4.79 Å². The van der Waals surface area contributed by atoms with Gasteiger partial charge in [0.15, 0.2) is 0 Å². The van der Waals surface area contributed by atoms with Crippen molar-refractivity contribution in [3.8, 4) is 17.1 Å². The molecule has 1 atom stereocenters. The Hall–Kier alpha value is -4.12. The van der Waals surface area contributed by atoms with Crippen molar-refractivity contribution in [2.75, 3.05) is 19.0 Å². The zero-order valence-electron chi connectivity index (χ0n) is 20.1. The zero-order chi connectivity index (χ0) is 24.5. The van der Waals surface area contributed by atoms with Crippen molar-refractivity contribution >= 4 is 11.7 Å².